The van der Waals surface area contributed by atoms with E-state index in [1.807, 2.05) is 0 Å². The summed E-state index contributed by atoms with van der Waals surface area (Å²) in [5.74, 6) is -0.227. The van der Waals surface area contributed by atoms with Crippen molar-refractivity contribution in [2.45, 2.75) is 6.54 Å². The lowest BCUT2D eigenvalue weighted by molar-refractivity contribution is -0.114. The minimum Gasteiger partial charge on any atom is -0.508 e. The van der Waals surface area contributed by atoms with Crippen molar-refractivity contribution >= 4 is 5.78 Å². The van der Waals surface area contributed by atoms with Gasteiger partial charge in [0.05, 0.1) is 13.7 Å². The monoisotopic (exact) mass is 289 g/mol. The van der Waals surface area contributed by atoms with Crippen molar-refractivity contribution in [1.82, 2.24) is 5.06 Å². The summed E-state index contributed by atoms with van der Waals surface area (Å²) in [7, 11) is 1.39. The second kappa shape index (κ2) is 6.15. The van der Waals surface area contributed by atoms with Crippen molar-refractivity contribution < 1.29 is 25.0 Å². The summed E-state index contributed by atoms with van der Waals surface area (Å²) in [5, 5.41) is 29.6. The number of phenolic OH excluding ortho intramolecular Hbond substituents is 2. The lowest BCUT2D eigenvalue weighted by Gasteiger charge is -2.15. The van der Waals surface area contributed by atoms with Gasteiger partial charge in [-0.15, -0.1) is 0 Å². The molecular weight excluding hydrogens is 274 g/mol. The van der Waals surface area contributed by atoms with Gasteiger partial charge in [0.2, 0.25) is 5.78 Å². The number of rotatable bonds is 4. The summed E-state index contributed by atoms with van der Waals surface area (Å²) in [6, 6.07) is 4.11. The van der Waals surface area contributed by atoms with Crippen molar-refractivity contribution in [1.29, 1.82) is 0 Å². The molecule has 0 saturated carbocycles. The first kappa shape index (κ1) is 14.7. The molecule has 1 aromatic carbocycles. The molecule has 21 heavy (non-hydrogen) atoms. The fourth-order valence-corrected chi connectivity index (χ4v) is 1.84. The van der Waals surface area contributed by atoms with Crippen LogP contribution in [0.1, 0.15) is 5.56 Å². The Hall–Kier alpha value is -2.73. The number of ether oxygens (including phenoxy) is 1. The first-order valence-corrected chi connectivity index (χ1v) is 6.16. The Bertz CT molecular complexity index is 645. The summed E-state index contributed by atoms with van der Waals surface area (Å²) in [6.07, 6.45) is 5.79. The predicted molar refractivity (Wildman–Crippen MR) is 74.4 cm³/mol. The van der Waals surface area contributed by atoms with E-state index in [9.17, 15) is 20.2 Å². The van der Waals surface area contributed by atoms with E-state index >= 15 is 0 Å². The summed E-state index contributed by atoms with van der Waals surface area (Å²) in [5.41, 5.74) is 1.02. The number of benzene rings is 1. The van der Waals surface area contributed by atoms with Crippen LogP contribution in [0.2, 0.25) is 0 Å². The molecule has 0 amide bonds. The molecule has 1 aliphatic carbocycles. The molecule has 6 nitrogen and oxygen atoms in total. The number of methoxy groups -OCH3 is 1. The van der Waals surface area contributed by atoms with Gasteiger partial charge in [-0.1, -0.05) is 0 Å². The predicted octanol–water partition coefficient (Wildman–Crippen LogP) is 1.84. The Morgan fingerprint density at radius 3 is 2.71 bits per heavy atom. The molecule has 110 valence electrons. The molecule has 0 unspecified atom stereocenters. The maximum Gasteiger partial charge on any atom is 0.220 e. The topological polar surface area (TPSA) is 90.2 Å². The lowest BCUT2D eigenvalue weighted by atomic mass is 10.1. The molecule has 0 spiro atoms. The molecular formula is C15H15NO5. The Morgan fingerprint density at radius 1 is 1.29 bits per heavy atom. The quantitative estimate of drug-likeness (QED) is 0.733. The molecule has 0 radical (unpaired) electrons. The van der Waals surface area contributed by atoms with Crippen molar-refractivity contribution in [3.05, 3.63) is 59.5 Å². The van der Waals surface area contributed by atoms with Crippen LogP contribution in [0, 0.1) is 0 Å². The zero-order valence-electron chi connectivity index (χ0n) is 11.4. The Labute approximate surface area is 121 Å². The average Bonchev–Trinajstić information content (AvgIpc) is 2.44. The molecule has 0 fully saturated rings. The highest BCUT2D eigenvalue weighted by Crippen LogP contribution is 2.24. The third-order valence-corrected chi connectivity index (χ3v) is 2.89. The molecule has 1 aliphatic rings. The number of carbonyl (C=O) groups excluding carboxylic acids is 1. The largest absolute Gasteiger partial charge is 0.508 e. The normalized spacial score (nSPS) is 16.0. The highest BCUT2D eigenvalue weighted by molar-refractivity contribution is 6.04. The van der Waals surface area contributed by atoms with Gasteiger partial charge in [0.15, 0.2) is 5.76 Å². The van der Waals surface area contributed by atoms with Crippen LogP contribution in [-0.2, 0) is 16.1 Å². The molecule has 0 bridgehead atoms. The molecule has 0 aromatic heterocycles. The third kappa shape index (κ3) is 3.64. The number of aromatic hydroxyl groups is 2. The van der Waals surface area contributed by atoms with Crippen LogP contribution >= 0.6 is 0 Å². The van der Waals surface area contributed by atoms with E-state index in [1.54, 1.807) is 6.08 Å². The van der Waals surface area contributed by atoms with Crippen molar-refractivity contribution in [3.8, 4) is 11.5 Å². The lowest BCUT2D eigenvalue weighted by Crippen LogP contribution is -2.13. The van der Waals surface area contributed by atoms with E-state index in [1.165, 1.54) is 43.7 Å². The van der Waals surface area contributed by atoms with Crippen LogP contribution in [-0.4, -0.2) is 33.4 Å². The summed E-state index contributed by atoms with van der Waals surface area (Å²) < 4.78 is 4.92. The molecule has 0 heterocycles. The summed E-state index contributed by atoms with van der Waals surface area (Å²) in [6.45, 7) is 0.0214. The zero-order valence-corrected chi connectivity index (χ0v) is 11.4. The van der Waals surface area contributed by atoms with Crippen molar-refractivity contribution in [2.24, 2.45) is 0 Å². The van der Waals surface area contributed by atoms with Crippen molar-refractivity contribution in [2.75, 3.05) is 7.11 Å². The number of phenols is 2. The van der Waals surface area contributed by atoms with E-state index < -0.39 is 0 Å². The van der Waals surface area contributed by atoms with E-state index in [-0.39, 0.29) is 29.6 Å². The maximum absolute atomic E-state index is 11.4. The molecule has 0 aliphatic heterocycles. The highest BCUT2D eigenvalue weighted by Gasteiger charge is 2.12. The van der Waals surface area contributed by atoms with Crippen LogP contribution in [0.15, 0.2) is 54.0 Å². The van der Waals surface area contributed by atoms with Crippen LogP contribution in [0.4, 0.5) is 0 Å². The second-order valence-electron chi connectivity index (χ2n) is 4.45. The van der Waals surface area contributed by atoms with Gasteiger partial charge >= 0.3 is 0 Å². The number of hydrogen-bond acceptors (Lipinski definition) is 6. The van der Waals surface area contributed by atoms with Crippen LogP contribution < -0.4 is 0 Å². The molecule has 6 heteroatoms. The first-order valence-electron chi connectivity index (χ1n) is 6.16. The third-order valence-electron chi connectivity index (χ3n) is 2.89. The van der Waals surface area contributed by atoms with Gasteiger partial charge < -0.3 is 14.9 Å². The van der Waals surface area contributed by atoms with Gasteiger partial charge in [0.1, 0.15) is 11.5 Å². The smallest absolute Gasteiger partial charge is 0.220 e. The molecule has 0 atom stereocenters. The summed E-state index contributed by atoms with van der Waals surface area (Å²) in [4.78, 5) is 11.4. The number of nitrogens with zero attached hydrogens (tertiary/aromatic N) is 1. The average molecular weight is 289 g/mol. The number of ketones is 1. The Morgan fingerprint density at radius 2 is 2.05 bits per heavy atom. The number of allylic oxidation sites excluding steroid dienone is 4. The van der Waals surface area contributed by atoms with Gasteiger partial charge in [-0.3, -0.25) is 15.1 Å². The van der Waals surface area contributed by atoms with Gasteiger partial charge in [-0.05, 0) is 35.9 Å². The fraction of sp³-hybridized carbons (Fsp3) is 0.133. The number of hydroxylamine groups is 2. The Kier molecular flexibility index (Phi) is 4.30. The maximum atomic E-state index is 11.4. The number of hydrogen-bond donors (Lipinski definition) is 3. The van der Waals surface area contributed by atoms with Gasteiger partial charge in [-0.2, -0.15) is 0 Å². The molecule has 2 rings (SSSR count). The van der Waals surface area contributed by atoms with E-state index in [2.05, 4.69) is 0 Å². The van der Waals surface area contributed by atoms with Gasteiger partial charge in [0.25, 0.3) is 0 Å². The first-order chi connectivity index (χ1) is 9.99. The Balaban J connectivity index is 2.12. The highest BCUT2D eigenvalue weighted by atomic mass is 16.5. The van der Waals surface area contributed by atoms with E-state index in [4.69, 9.17) is 4.74 Å². The van der Waals surface area contributed by atoms with Crippen LogP contribution in [0.3, 0.4) is 0 Å². The fourth-order valence-electron chi connectivity index (χ4n) is 1.84. The van der Waals surface area contributed by atoms with Crippen LogP contribution in [0.5, 0.6) is 11.5 Å². The van der Waals surface area contributed by atoms with Crippen LogP contribution in [0.25, 0.3) is 0 Å². The molecule has 1 aromatic rings. The minimum absolute atomic E-state index is 0.0214. The molecule has 0 saturated heterocycles. The SMILES string of the molecule is COC1=CC(=CN(O)Cc2ccc(O)cc2O)C=CC1=O. The standard InChI is InChI=1S/C15H15NO5/c1-21-15-6-10(2-5-13(15)18)8-16(20)9-11-3-4-12(17)7-14(11)19/h2-8,17,19-20H,9H2,1H3. The van der Waals surface area contributed by atoms with E-state index in [0.717, 1.165) is 5.06 Å². The summed E-state index contributed by atoms with van der Waals surface area (Å²) >= 11 is 0. The second-order valence-corrected chi connectivity index (χ2v) is 4.45. The van der Waals surface area contributed by atoms with Crippen molar-refractivity contribution in [3.63, 3.8) is 0 Å². The molecule has 3 N–H and O–H groups in total. The van der Waals surface area contributed by atoms with E-state index in [0.29, 0.717) is 11.1 Å². The minimum atomic E-state index is -0.240. The zero-order chi connectivity index (χ0) is 15.4. The number of carbonyl (C=O) groups is 1. The van der Waals surface area contributed by atoms with Gasteiger partial charge in [-0.25, -0.2) is 0 Å². The van der Waals surface area contributed by atoms with Gasteiger partial charge in [0, 0.05) is 17.8 Å².